The number of nitrogens with zero attached hydrogens (tertiary/aromatic N) is 4. The summed E-state index contributed by atoms with van der Waals surface area (Å²) in [5.74, 6) is -0.0595. The predicted octanol–water partition coefficient (Wildman–Crippen LogP) is 4.54. The number of carbonyl (C=O) groups is 1. The lowest BCUT2D eigenvalue weighted by atomic mass is 10.2. The van der Waals surface area contributed by atoms with Gasteiger partial charge in [-0.25, -0.2) is 9.78 Å². The first-order valence-corrected chi connectivity index (χ1v) is 11.4. The van der Waals surface area contributed by atoms with Gasteiger partial charge in [-0.2, -0.15) is 9.78 Å². The third-order valence-corrected chi connectivity index (χ3v) is 5.75. The normalized spacial score (nSPS) is 12.2. The van der Waals surface area contributed by atoms with Gasteiger partial charge in [-0.3, -0.25) is 14.9 Å². The lowest BCUT2D eigenvalue weighted by Crippen LogP contribution is -2.25. The zero-order chi connectivity index (χ0) is 26.8. The number of benzene rings is 3. The van der Waals surface area contributed by atoms with Gasteiger partial charge in [0.25, 0.3) is 11.2 Å². The molecule has 0 aliphatic heterocycles. The largest absolute Gasteiger partial charge is 0.478 e. The second-order valence-electron chi connectivity index (χ2n) is 8.23. The van der Waals surface area contributed by atoms with E-state index in [4.69, 9.17) is 13.9 Å². The van der Waals surface area contributed by atoms with Gasteiger partial charge in [0.05, 0.1) is 29.2 Å². The van der Waals surface area contributed by atoms with Crippen LogP contribution in [-0.2, 0) is 9.53 Å². The van der Waals surface area contributed by atoms with Gasteiger partial charge < -0.3 is 13.9 Å². The SMILES string of the molecule is COC(=O)[C@@H](C)Oc1ccc([N+](=O)[O-])cc1C=Nn1c(-c2cc3ccccc3o2)nc2ccccc2c1=O. The summed E-state index contributed by atoms with van der Waals surface area (Å²) in [7, 11) is 1.22. The van der Waals surface area contributed by atoms with Gasteiger partial charge in [-0.1, -0.05) is 30.3 Å². The van der Waals surface area contributed by atoms with Crippen LogP contribution in [0.5, 0.6) is 5.75 Å². The smallest absolute Gasteiger partial charge is 0.346 e. The summed E-state index contributed by atoms with van der Waals surface area (Å²) in [5, 5.41) is 16.9. The Morgan fingerprint density at radius 1 is 1.13 bits per heavy atom. The number of non-ortho nitro benzene ring substituents is 1. The number of nitro groups is 1. The minimum atomic E-state index is -0.996. The van der Waals surface area contributed by atoms with Crippen LogP contribution in [0, 0.1) is 10.1 Å². The molecule has 1 atom stereocenters. The van der Waals surface area contributed by atoms with Crippen LogP contribution in [0.15, 0.2) is 87.1 Å². The Morgan fingerprint density at radius 2 is 1.89 bits per heavy atom. The van der Waals surface area contributed by atoms with Gasteiger partial charge in [0.1, 0.15) is 11.3 Å². The molecule has 5 aromatic rings. The molecule has 0 amide bonds. The molecule has 5 rings (SSSR count). The summed E-state index contributed by atoms with van der Waals surface area (Å²) in [6.45, 7) is 1.48. The van der Waals surface area contributed by atoms with Crippen molar-refractivity contribution < 1.29 is 23.6 Å². The van der Waals surface area contributed by atoms with E-state index in [0.29, 0.717) is 22.2 Å². The third kappa shape index (κ3) is 4.60. The minimum absolute atomic E-state index is 0.129. The molecule has 2 aromatic heterocycles. The molecular formula is C27H20N4O7. The number of para-hydroxylation sites is 2. The van der Waals surface area contributed by atoms with E-state index < -0.39 is 22.6 Å². The highest BCUT2D eigenvalue weighted by Crippen LogP contribution is 2.28. The maximum absolute atomic E-state index is 13.5. The molecule has 0 aliphatic rings. The monoisotopic (exact) mass is 512 g/mol. The molecule has 0 unspecified atom stereocenters. The van der Waals surface area contributed by atoms with Crippen LogP contribution in [0.25, 0.3) is 33.5 Å². The second-order valence-corrected chi connectivity index (χ2v) is 8.23. The van der Waals surface area contributed by atoms with Gasteiger partial charge >= 0.3 is 5.97 Å². The fourth-order valence-corrected chi connectivity index (χ4v) is 3.86. The van der Waals surface area contributed by atoms with Gasteiger partial charge in [0, 0.05) is 23.1 Å². The number of furan rings is 1. The average molecular weight is 512 g/mol. The number of methoxy groups -OCH3 is 1. The molecule has 190 valence electrons. The Bertz CT molecular complexity index is 1750. The van der Waals surface area contributed by atoms with Crippen LogP contribution in [-0.4, -0.2) is 40.0 Å². The van der Waals surface area contributed by atoms with Crippen LogP contribution in [0.1, 0.15) is 12.5 Å². The molecule has 11 heteroatoms. The fourth-order valence-electron chi connectivity index (χ4n) is 3.86. The first-order chi connectivity index (χ1) is 18.4. The van der Waals surface area contributed by atoms with Gasteiger partial charge in [-0.05, 0) is 37.3 Å². The van der Waals surface area contributed by atoms with Crippen molar-refractivity contribution in [3.63, 3.8) is 0 Å². The van der Waals surface area contributed by atoms with Crippen molar-refractivity contribution in [3.05, 3.63) is 98.8 Å². The Hall–Kier alpha value is -5.32. The van der Waals surface area contributed by atoms with E-state index in [1.54, 1.807) is 36.4 Å². The van der Waals surface area contributed by atoms with Crippen molar-refractivity contribution in [2.45, 2.75) is 13.0 Å². The van der Waals surface area contributed by atoms with Crippen molar-refractivity contribution >= 4 is 39.7 Å². The third-order valence-electron chi connectivity index (χ3n) is 5.75. The number of aromatic nitrogens is 2. The molecule has 0 fully saturated rings. The molecule has 0 radical (unpaired) electrons. The van der Waals surface area contributed by atoms with Crippen molar-refractivity contribution in [1.82, 2.24) is 9.66 Å². The molecule has 0 saturated heterocycles. The first kappa shape index (κ1) is 24.4. The lowest BCUT2D eigenvalue weighted by Gasteiger charge is -2.14. The van der Waals surface area contributed by atoms with E-state index in [1.165, 1.54) is 38.4 Å². The molecule has 0 spiro atoms. The summed E-state index contributed by atoms with van der Waals surface area (Å²) in [6.07, 6.45) is 0.237. The molecule has 0 N–H and O–H groups in total. The standard InChI is InChI=1S/C27H20N4O7/c1-16(27(33)36-2)37-23-12-11-19(31(34)35)13-18(23)15-28-30-25(24-14-17-7-3-6-10-22(17)38-24)29-21-9-5-4-8-20(21)26(30)32/h3-16H,1-2H3/t16-/m1/s1. The molecular weight excluding hydrogens is 492 g/mol. The van der Waals surface area contributed by atoms with Crippen LogP contribution < -0.4 is 10.3 Å². The summed E-state index contributed by atoms with van der Waals surface area (Å²) < 4.78 is 17.4. The number of fused-ring (bicyclic) bond motifs is 2. The highest BCUT2D eigenvalue weighted by molar-refractivity contribution is 5.87. The van der Waals surface area contributed by atoms with Crippen molar-refractivity contribution in [2.24, 2.45) is 5.10 Å². The quantitative estimate of drug-likeness (QED) is 0.134. The number of rotatable bonds is 7. The highest BCUT2D eigenvalue weighted by atomic mass is 16.6. The van der Waals surface area contributed by atoms with E-state index in [0.717, 1.165) is 10.1 Å². The van der Waals surface area contributed by atoms with Crippen LogP contribution in [0.4, 0.5) is 5.69 Å². The summed E-state index contributed by atoms with van der Waals surface area (Å²) >= 11 is 0. The molecule has 11 nitrogen and oxygen atoms in total. The van der Waals surface area contributed by atoms with Crippen molar-refractivity contribution in [3.8, 4) is 17.3 Å². The molecule has 0 aliphatic carbocycles. The zero-order valence-corrected chi connectivity index (χ0v) is 20.2. The lowest BCUT2D eigenvalue weighted by molar-refractivity contribution is -0.384. The highest BCUT2D eigenvalue weighted by Gasteiger charge is 2.20. The summed E-state index contributed by atoms with van der Waals surface area (Å²) in [4.78, 5) is 40.8. The number of ether oxygens (including phenoxy) is 2. The maximum atomic E-state index is 13.5. The summed E-state index contributed by atoms with van der Waals surface area (Å²) in [6, 6.07) is 19.7. The van der Waals surface area contributed by atoms with Crippen LogP contribution in [0.2, 0.25) is 0 Å². The number of esters is 1. The van der Waals surface area contributed by atoms with E-state index >= 15 is 0 Å². The van der Waals surface area contributed by atoms with E-state index in [9.17, 15) is 19.7 Å². The molecule has 2 heterocycles. The van der Waals surface area contributed by atoms with E-state index in [1.807, 2.05) is 18.2 Å². The zero-order valence-electron chi connectivity index (χ0n) is 20.2. The molecule has 38 heavy (non-hydrogen) atoms. The van der Waals surface area contributed by atoms with E-state index in [-0.39, 0.29) is 22.8 Å². The number of hydrogen-bond donors (Lipinski definition) is 0. The maximum Gasteiger partial charge on any atom is 0.346 e. The molecule has 0 bridgehead atoms. The van der Waals surface area contributed by atoms with Gasteiger partial charge in [-0.15, -0.1) is 0 Å². The number of carbonyl (C=O) groups excluding carboxylic acids is 1. The van der Waals surface area contributed by atoms with Crippen LogP contribution >= 0.6 is 0 Å². The first-order valence-electron chi connectivity index (χ1n) is 11.4. The van der Waals surface area contributed by atoms with Gasteiger partial charge in [0.2, 0.25) is 5.82 Å². The van der Waals surface area contributed by atoms with Crippen LogP contribution in [0.3, 0.4) is 0 Å². The summed E-state index contributed by atoms with van der Waals surface area (Å²) in [5.41, 5.74) is 0.506. The number of nitro benzene ring substituents is 1. The predicted molar refractivity (Wildman–Crippen MR) is 139 cm³/mol. The van der Waals surface area contributed by atoms with Gasteiger partial charge in [0.15, 0.2) is 11.9 Å². The van der Waals surface area contributed by atoms with Crippen molar-refractivity contribution in [2.75, 3.05) is 7.11 Å². The second kappa shape index (κ2) is 9.97. The Balaban J connectivity index is 1.67. The average Bonchev–Trinajstić information content (AvgIpc) is 3.36. The Kier molecular flexibility index (Phi) is 6.40. The molecule has 3 aromatic carbocycles. The Labute approximate surface area is 214 Å². The van der Waals surface area contributed by atoms with Crippen molar-refractivity contribution in [1.29, 1.82) is 0 Å². The topological polar surface area (TPSA) is 139 Å². The number of hydrogen-bond acceptors (Lipinski definition) is 9. The van der Waals surface area contributed by atoms with E-state index in [2.05, 4.69) is 10.1 Å². The fraction of sp³-hybridized carbons (Fsp3) is 0.111. The molecule has 0 saturated carbocycles. The Morgan fingerprint density at radius 3 is 2.66 bits per heavy atom. The minimum Gasteiger partial charge on any atom is -0.478 e.